The Balaban J connectivity index is 1.57. The van der Waals surface area contributed by atoms with E-state index in [0.29, 0.717) is 112 Å². The standard InChI is InChI=1S/C50H44Cl2N4O8/c1-57-37-21-17-29(25-41(37)61-5)45-46(30-18-22-38(58-2)42(26-30)62-6)54-49(53-45,33-13-9-11-15-35(33)51)50(34-14-10-12-16-36(34)52)55-47(31-19-23-39(59-3)43(27-31)63-7)48(56-50)32-20-24-40(60-4)44(28-32)64-8/h9-28H,1-8H3. The number of hydrogen-bond donors (Lipinski definition) is 0. The van der Waals surface area contributed by atoms with E-state index in [2.05, 4.69) is 0 Å². The number of halogens is 2. The Bertz CT molecular complexity index is 2560. The zero-order valence-electron chi connectivity index (χ0n) is 36.4. The maximum atomic E-state index is 7.37. The smallest absolute Gasteiger partial charge is 0.227 e. The van der Waals surface area contributed by atoms with Crippen LogP contribution in [0, 0.1) is 0 Å². The Morgan fingerprint density at radius 2 is 0.547 bits per heavy atom. The molecule has 12 nitrogen and oxygen atoms in total. The molecule has 0 spiro atoms. The summed E-state index contributed by atoms with van der Waals surface area (Å²) in [6, 6.07) is 37.1. The lowest BCUT2D eigenvalue weighted by Crippen LogP contribution is -2.43. The Hall–Kier alpha value is -7.02. The molecule has 0 saturated carbocycles. The van der Waals surface area contributed by atoms with Gasteiger partial charge in [-0.25, -0.2) is 20.0 Å². The number of hydrogen-bond acceptors (Lipinski definition) is 12. The first-order valence-corrected chi connectivity index (χ1v) is 20.7. The first-order valence-electron chi connectivity index (χ1n) is 19.9. The summed E-state index contributed by atoms with van der Waals surface area (Å²) in [4.78, 5) is 23.0. The topological polar surface area (TPSA) is 123 Å². The second kappa shape index (κ2) is 18.0. The van der Waals surface area contributed by atoms with Gasteiger partial charge in [-0.15, -0.1) is 0 Å². The molecule has 0 fully saturated rings. The Morgan fingerprint density at radius 1 is 0.312 bits per heavy atom. The van der Waals surface area contributed by atoms with Gasteiger partial charge in [-0.3, -0.25) is 0 Å². The van der Waals surface area contributed by atoms with E-state index >= 15 is 0 Å². The van der Waals surface area contributed by atoms with Crippen LogP contribution < -0.4 is 37.9 Å². The first kappa shape index (κ1) is 43.6. The summed E-state index contributed by atoms with van der Waals surface area (Å²) >= 11 is 14.7. The summed E-state index contributed by atoms with van der Waals surface area (Å²) < 4.78 is 45.9. The van der Waals surface area contributed by atoms with Gasteiger partial charge in [0.1, 0.15) is 0 Å². The molecule has 0 bridgehead atoms. The lowest BCUT2D eigenvalue weighted by atomic mass is 9.82. The number of aliphatic imine (C=N–C) groups is 4. The monoisotopic (exact) mass is 898 g/mol. The summed E-state index contributed by atoms with van der Waals surface area (Å²) in [6.07, 6.45) is 0. The van der Waals surface area contributed by atoms with Crippen LogP contribution in [0.2, 0.25) is 10.0 Å². The van der Waals surface area contributed by atoms with Crippen molar-refractivity contribution in [3.63, 3.8) is 0 Å². The van der Waals surface area contributed by atoms with E-state index in [4.69, 9.17) is 81.1 Å². The molecule has 64 heavy (non-hydrogen) atoms. The number of rotatable bonds is 15. The van der Waals surface area contributed by atoms with Crippen LogP contribution in [0.4, 0.5) is 0 Å². The van der Waals surface area contributed by atoms with E-state index in [1.165, 1.54) is 0 Å². The van der Waals surface area contributed by atoms with E-state index in [0.717, 1.165) is 0 Å². The number of methoxy groups -OCH3 is 8. The highest BCUT2D eigenvalue weighted by atomic mass is 35.5. The maximum absolute atomic E-state index is 7.37. The van der Waals surface area contributed by atoms with Crippen molar-refractivity contribution in [2.75, 3.05) is 56.9 Å². The quantitative estimate of drug-likeness (QED) is 0.0999. The van der Waals surface area contributed by atoms with Gasteiger partial charge in [0.05, 0.1) is 79.7 Å². The minimum Gasteiger partial charge on any atom is -0.493 e. The van der Waals surface area contributed by atoms with Crippen molar-refractivity contribution >= 4 is 46.0 Å². The van der Waals surface area contributed by atoms with Crippen LogP contribution >= 0.6 is 23.2 Å². The van der Waals surface area contributed by atoms with Gasteiger partial charge in [-0.2, -0.15) is 0 Å². The van der Waals surface area contributed by atoms with Crippen molar-refractivity contribution in [1.29, 1.82) is 0 Å². The number of nitrogens with zero attached hydrogens (tertiary/aromatic N) is 4. The fourth-order valence-corrected chi connectivity index (χ4v) is 8.60. The first-order chi connectivity index (χ1) is 31.1. The van der Waals surface area contributed by atoms with Crippen molar-refractivity contribution in [2.24, 2.45) is 20.0 Å². The van der Waals surface area contributed by atoms with Crippen LogP contribution in [-0.4, -0.2) is 79.7 Å². The van der Waals surface area contributed by atoms with Crippen molar-refractivity contribution in [3.8, 4) is 46.0 Å². The van der Waals surface area contributed by atoms with Crippen molar-refractivity contribution in [2.45, 2.75) is 11.3 Å². The largest absolute Gasteiger partial charge is 0.493 e. The number of ether oxygens (including phenoxy) is 8. The van der Waals surface area contributed by atoms with Gasteiger partial charge < -0.3 is 37.9 Å². The highest BCUT2D eigenvalue weighted by molar-refractivity contribution is 6.56. The average molecular weight is 900 g/mol. The predicted molar refractivity (Wildman–Crippen MR) is 251 cm³/mol. The van der Waals surface area contributed by atoms with E-state index in [1.54, 1.807) is 69.0 Å². The van der Waals surface area contributed by atoms with Gasteiger partial charge in [-0.05, 0) is 84.9 Å². The van der Waals surface area contributed by atoms with Gasteiger partial charge in [-0.1, -0.05) is 59.6 Å². The minimum absolute atomic E-state index is 0.360. The van der Waals surface area contributed by atoms with Crippen LogP contribution in [0.15, 0.2) is 141 Å². The highest BCUT2D eigenvalue weighted by Crippen LogP contribution is 2.57. The minimum atomic E-state index is -1.80. The molecule has 0 N–H and O–H groups in total. The molecule has 0 unspecified atom stereocenters. The van der Waals surface area contributed by atoms with Crippen molar-refractivity contribution < 1.29 is 37.9 Å². The van der Waals surface area contributed by atoms with E-state index in [-0.39, 0.29) is 0 Å². The molecule has 0 atom stereocenters. The molecular weight excluding hydrogens is 855 g/mol. The molecule has 0 aliphatic carbocycles. The van der Waals surface area contributed by atoms with Gasteiger partial charge in [0, 0.05) is 43.4 Å². The van der Waals surface area contributed by atoms with Gasteiger partial charge in [0.2, 0.25) is 11.3 Å². The van der Waals surface area contributed by atoms with E-state index in [9.17, 15) is 0 Å². The van der Waals surface area contributed by atoms with Gasteiger partial charge in [0.25, 0.3) is 0 Å². The predicted octanol–water partition coefficient (Wildman–Crippen LogP) is 10.1. The molecule has 8 rings (SSSR count). The lowest BCUT2D eigenvalue weighted by molar-refractivity contribution is 0.257. The molecule has 14 heteroatoms. The maximum Gasteiger partial charge on any atom is 0.227 e. The van der Waals surface area contributed by atoms with Crippen molar-refractivity contribution in [3.05, 3.63) is 165 Å². The molecule has 0 saturated heterocycles. The normalized spacial score (nSPS) is 14.7. The lowest BCUT2D eigenvalue weighted by Gasteiger charge is -2.39. The van der Waals surface area contributed by atoms with Crippen LogP contribution in [0.1, 0.15) is 33.4 Å². The molecule has 2 aliphatic heterocycles. The SMILES string of the molecule is COc1ccc(C2=NC(c3ccccc3Cl)(C3(c4ccccc4Cl)N=C(c4ccc(OC)c(OC)c4)C(c4ccc(OC)c(OC)c4)=N3)N=C2c2ccc(OC)c(OC)c2)cc1OC. The second-order valence-corrected chi connectivity index (χ2v) is 15.2. The summed E-state index contributed by atoms with van der Waals surface area (Å²) in [7, 11) is 12.6. The molecule has 326 valence electrons. The van der Waals surface area contributed by atoms with Gasteiger partial charge >= 0.3 is 0 Å². The summed E-state index contributed by atoms with van der Waals surface area (Å²) in [5, 5.41) is 0.721. The molecule has 2 aliphatic rings. The third-order valence-electron chi connectivity index (χ3n) is 11.2. The highest BCUT2D eigenvalue weighted by Gasteiger charge is 2.62. The number of benzene rings is 6. The fraction of sp³-hybridized carbons (Fsp3) is 0.200. The summed E-state index contributed by atoms with van der Waals surface area (Å²) in [6.45, 7) is 0. The summed E-state index contributed by atoms with van der Waals surface area (Å²) in [5.41, 5.74) is 1.88. The average Bonchev–Trinajstić information content (AvgIpc) is 3.96. The molecular formula is C50H44Cl2N4O8. The fourth-order valence-electron chi connectivity index (χ4n) is 8.06. The Labute approximate surface area is 381 Å². The van der Waals surface area contributed by atoms with Crippen molar-refractivity contribution in [1.82, 2.24) is 0 Å². The third-order valence-corrected chi connectivity index (χ3v) is 11.8. The van der Waals surface area contributed by atoms with Crippen LogP contribution in [-0.2, 0) is 11.3 Å². The molecule has 6 aromatic carbocycles. The Kier molecular flexibility index (Phi) is 12.3. The van der Waals surface area contributed by atoms with E-state index < -0.39 is 11.3 Å². The van der Waals surface area contributed by atoms with Crippen LogP contribution in [0.3, 0.4) is 0 Å². The summed E-state index contributed by atoms with van der Waals surface area (Å²) in [5.74, 6) is 4.05. The van der Waals surface area contributed by atoms with Gasteiger partial charge in [0.15, 0.2) is 46.0 Å². The molecule has 2 heterocycles. The second-order valence-electron chi connectivity index (χ2n) is 14.4. The van der Waals surface area contributed by atoms with E-state index in [1.807, 2.05) is 109 Å². The Morgan fingerprint density at radius 3 is 0.766 bits per heavy atom. The zero-order valence-corrected chi connectivity index (χ0v) is 37.9. The third kappa shape index (κ3) is 7.32. The zero-order chi connectivity index (χ0) is 45.2. The molecule has 0 aromatic heterocycles. The van der Waals surface area contributed by atoms with Crippen LogP contribution in [0.5, 0.6) is 46.0 Å². The molecule has 0 radical (unpaired) electrons. The molecule has 6 aromatic rings. The van der Waals surface area contributed by atoms with Crippen LogP contribution in [0.25, 0.3) is 0 Å². The molecule has 0 amide bonds.